The van der Waals surface area contributed by atoms with E-state index in [1.807, 2.05) is 13.8 Å². The van der Waals surface area contributed by atoms with Crippen LogP contribution in [0.2, 0.25) is 0 Å². The molecule has 47 heavy (non-hydrogen) atoms. The summed E-state index contributed by atoms with van der Waals surface area (Å²) in [7, 11) is 2.87. The molecule has 0 spiro atoms. The van der Waals surface area contributed by atoms with Gasteiger partial charge in [0, 0.05) is 11.2 Å². The van der Waals surface area contributed by atoms with Gasteiger partial charge >= 0.3 is 6.09 Å². The van der Waals surface area contributed by atoms with Gasteiger partial charge in [0.25, 0.3) is 0 Å². The molecule has 2 unspecified atom stereocenters. The summed E-state index contributed by atoms with van der Waals surface area (Å²) in [4.78, 5) is 81.9. The topological polar surface area (TPSA) is 249 Å². The fraction of sp³-hybridized carbons (Fsp3) is 0.424. The van der Waals surface area contributed by atoms with Gasteiger partial charge in [-0.15, -0.1) is 0 Å². The molecule has 0 heterocycles. The Bertz CT molecular complexity index is 1780. The Morgan fingerprint density at radius 1 is 1.09 bits per heavy atom. The lowest BCUT2D eigenvalue weighted by molar-refractivity contribution is -0.166. The predicted molar refractivity (Wildman–Crippen MR) is 167 cm³/mol. The molecule has 2 aromatic rings. The predicted octanol–water partition coefficient (Wildman–Crippen LogP) is 0.680. The van der Waals surface area contributed by atoms with Crippen molar-refractivity contribution in [3.63, 3.8) is 0 Å². The van der Waals surface area contributed by atoms with E-state index in [1.165, 1.54) is 25.1 Å². The zero-order chi connectivity index (χ0) is 34.8. The fourth-order valence-corrected chi connectivity index (χ4v) is 7.61. The summed E-state index contributed by atoms with van der Waals surface area (Å²) >= 11 is 0. The number of hydrogen-bond donors (Lipinski definition) is 5. The molecule has 5 rings (SSSR count). The Morgan fingerprint density at radius 2 is 1.72 bits per heavy atom. The Labute approximate surface area is 270 Å². The first kappa shape index (κ1) is 33.4. The van der Waals surface area contributed by atoms with E-state index in [2.05, 4.69) is 5.32 Å². The maximum Gasteiger partial charge on any atom is 0.411 e. The van der Waals surface area contributed by atoms with Crippen LogP contribution in [0.15, 0.2) is 36.4 Å². The number of primary amides is 1. The van der Waals surface area contributed by atoms with Crippen molar-refractivity contribution in [1.82, 2.24) is 4.90 Å². The highest BCUT2D eigenvalue weighted by Crippen LogP contribution is 2.57. The highest BCUT2D eigenvalue weighted by Gasteiger charge is 2.78. The minimum Gasteiger partial charge on any atom is -0.507 e. The molecule has 14 nitrogen and oxygen atoms in total. The minimum atomic E-state index is -2.82. The number of rotatable bonds is 6. The number of phenolic OH excluding ortho intramolecular Hbond substituents is 1. The molecule has 246 valence electrons. The lowest BCUT2D eigenvalue weighted by atomic mass is 9.42. The number of benzene rings is 2. The maximum atomic E-state index is 14.5. The van der Waals surface area contributed by atoms with Crippen molar-refractivity contribution in [2.75, 3.05) is 26.0 Å². The summed E-state index contributed by atoms with van der Waals surface area (Å²) in [6.07, 6.45) is -1.35. The van der Waals surface area contributed by atoms with Gasteiger partial charge in [0.2, 0.25) is 5.91 Å². The molecule has 0 saturated heterocycles. The maximum absolute atomic E-state index is 14.5. The first-order valence-electron chi connectivity index (χ1n) is 15.0. The molecule has 0 bridgehead atoms. The van der Waals surface area contributed by atoms with Crippen molar-refractivity contribution >= 4 is 40.8 Å². The van der Waals surface area contributed by atoms with E-state index in [0.29, 0.717) is 16.8 Å². The summed E-state index contributed by atoms with van der Waals surface area (Å²) in [5, 5.41) is 24.1. The SMILES string of the molecule is CC(C)COC(=O)Nc1ccc(-c2ccc(O)c3c2C[C@@]2(N)C[C@@]4(N)[C@H](N(C)C)C(=O)C(C(N)=O)C(=O)[C@@]4(C#N)C(=O)C2C3=O)cc1. The van der Waals surface area contributed by atoms with Crippen molar-refractivity contribution in [2.45, 2.75) is 43.8 Å². The number of phenols is 1. The van der Waals surface area contributed by atoms with E-state index in [9.17, 15) is 39.1 Å². The van der Waals surface area contributed by atoms with E-state index in [-0.39, 0.29) is 30.1 Å². The molecule has 0 radical (unpaired) electrons. The number of anilines is 1. The van der Waals surface area contributed by atoms with Crippen molar-refractivity contribution in [1.29, 1.82) is 5.26 Å². The molecule has 3 aliphatic rings. The molecule has 2 saturated carbocycles. The zero-order valence-electron chi connectivity index (χ0n) is 26.3. The zero-order valence-corrected chi connectivity index (χ0v) is 26.3. The number of likely N-dealkylation sites (N-methyl/N-ethyl adjacent to an activating group) is 1. The number of nitrogens with one attached hydrogen (secondary N) is 1. The summed E-state index contributed by atoms with van der Waals surface area (Å²) in [6.45, 7) is 4.05. The molecule has 6 atom stereocenters. The first-order chi connectivity index (χ1) is 21.9. The molecular weight excluding hydrogens is 608 g/mol. The third-order valence-electron chi connectivity index (χ3n) is 9.46. The van der Waals surface area contributed by atoms with Gasteiger partial charge < -0.3 is 27.0 Å². The second-order valence-electron chi connectivity index (χ2n) is 13.3. The van der Waals surface area contributed by atoms with Gasteiger partial charge in [-0.3, -0.25) is 34.2 Å². The second-order valence-corrected chi connectivity index (χ2v) is 13.3. The summed E-state index contributed by atoms with van der Waals surface area (Å²) in [5.74, 6) is -10.1. The van der Waals surface area contributed by atoms with Crippen molar-refractivity contribution in [2.24, 2.45) is 40.4 Å². The van der Waals surface area contributed by atoms with E-state index in [0.717, 1.165) is 0 Å². The van der Waals surface area contributed by atoms with Crippen LogP contribution in [0.3, 0.4) is 0 Å². The summed E-state index contributed by atoms with van der Waals surface area (Å²) in [6, 6.07) is 9.62. The number of ether oxygens (including phenoxy) is 1. The number of amides is 2. The molecular formula is C33H36N6O8. The van der Waals surface area contributed by atoms with Gasteiger partial charge in [0.05, 0.1) is 29.8 Å². The quantitative estimate of drug-likeness (QED) is 0.272. The van der Waals surface area contributed by atoms with Crippen LogP contribution < -0.4 is 22.5 Å². The first-order valence-corrected chi connectivity index (χ1v) is 15.0. The van der Waals surface area contributed by atoms with Gasteiger partial charge in [0.15, 0.2) is 34.5 Å². The van der Waals surface area contributed by atoms with Crippen LogP contribution in [-0.4, -0.2) is 83.0 Å². The number of carbonyl (C=O) groups is 6. The number of hydrogen-bond acceptors (Lipinski definition) is 12. The van der Waals surface area contributed by atoms with Gasteiger partial charge in [-0.25, -0.2) is 4.79 Å². The van der Waals surface area contributed by atoms with Crippen molar-refractivity contribution in [3.05, 3.63) is 47.5 Å². The summed E-state index contributed by atoms with van der Waals surface area (Å²) < 4.78 is 5.15. The minimum absolute atomic E-state index is 0.154. The van der Waals surface area contributed by atoms with Crippen LogP contribution in [0.1, 0.15) is 36.2 Å². The number of carbonyl (C=O) groups excluding carboxylic acids is 6. The number of nitrogens with two attached hydrogens (primary N) is 3. The number of Topliss-reactive ketones (excluding diaryl/α,β-unsaturated/α-hetero) is 4. The molecule has 0 aliphatic heterocycles. The van der Waals surface area contributed by atoms with Gasteiger partial charge in [-0.2, -0.15) is 5.26 Å². The van der Waals surface area contributed by atoms with Crippen LogP contribution in [0, 0.1) is 34.5 Å². The smallest absolute Gasteiger partial charge is 0.411 e. The Balaban J connectivity index is 1.61. The third kappa shape index (κ3) is 4.81. The average molecular weight is 645 g/mol. The molecule has 2 fully saturated rings. The Morgan fingerprint density at radius 3 is 2.28 bits per heavy atom. The number of ketones is 4. The molecule has 14 heteroatoms. The van der Waals surface area contributed by atoms with Crippen molar-refractivity contribution in [3.8, 4) is 22.9 Å². The average Bonchev–Trinajstić information content (AvgIpc) is 2.95. The van der Waals surface area contributed by atoms with Crippen LogP contribution in [0.25, 0.3) is 11.1 Å². The molecule has 0 aromatic heterocycles. The normalized spacial score (nSPS) is 29.9. The monoisotopic (exact) mass is 644 g/mol. The highest BCUT2D eigenvalue weighted by molar-refractivity contribution is 6.33. The molecule has 2 amide bonds. The van der Waals surface area contributed by atoms with E-state index in [4.69, 9.17) is 21.9 Å². The fourth-order valence-electron chi connectivity index (χ4n) is 7.61. The van der Waals surface area contributed by atoms with Gasteiger partial charge in [-0.1, -0.05) is 32.0 Å². The van der Waals surface area contributed by atoms with Gasteiger partial charge in [-0.05, 0) is 67.7 Å². The third-order valence-corrected chi connectivity index (χ3v) is 9.46. The van der Waals surface area contributed by atoms with E-state index in [1.54, 1.807) is 36.4 Å². The van der Waals surface area contributed by atoms with Crippen LogP contribution in [0.4, 0.5) is 10.5 Å². The molecule has 3 aliphatic carbocycles. The van der Waals surface area contributed by atoms with Crippen LogP contribution in [0.5, 0.6) is 5.75 Å². The van der Waals surface area contributed by atoms with Crippen LogP contribution >= 0.6 is 0 Å². The summed E-state index contributed by atoms with van der Waals surface area (Å²) in [5.41, 5.74) is 13.9. The highest BCUT2D eigenvalue weighted by atomic mass is 16.5. The van der Waals surface area contributed by atoms with E-state index < -0.39 is 81.7 Å². The Hall–Kier alpha value is -4.97. The number of fused-ring (bicyclic) bond motifs is 3. The lowest BCUT2D eigenvalue weighted by Crippen LogP contribution is -2.85. The van der Waals surface area contributed by atoms with Gasteiger partial charge in [0.1, 0.15) is 11.7 Å². The van der Waals surface area contributed by atoms with Crippen LogP contribution in [-0.2, 0) is 30.3 Å². The largest absolute Gasteiger partial charge is 0.507 e. The number of aromatic hydroxyl groups is 1. The lowest BCUT2D eigenvalue weighted by Gasteiger charge is -2.60. The molecule has 8 N–H and O–H groups in total. The van der Waals surface area contributed by atoms with Crippen molar-refractivity contribution < 1.29 is 38.6 Å². The number of nitriles is 1. The van der Waals surface area contributed by atoms with E-state index >= 15 is 0 Å². The Kier molecular flexibility index (Phi) is 8.08. The second kappa shape index (κ2) is 11.4. The number of nitrogens with zero attached hydrogens (tertiary/aromatic N) is 2. The standard InChI is InChI=1S/C33H36N6O8/c1-15(2)12-47-30(46)38-17-7-5-16(6-8-17)18-9-10-20(40)21-19(18)11-31(36)13-33(37)26(39(3)4)25(42)22(29(35)45)27(43)32(33,14-34)28(44)23(31)24(21)41/h5-10,15,22-23,26,40H,11-13,36-37H2,1-4H3,(H2,35,45)(H,38,46)/t22?,23?,26-,31-,32+,33-/m1/s1. The molecule has 2 aromatic carbocycles.